The van der Waals surface area contributed by atoms with Gasteiger partial charge >= 0.3 is 0 Å². The van der Waals surface area contributed by atoms with Crippen molar-refractivity contribution in [3.05, 3.63) is 17.2 Å². The zero-order valence-electron chi connectivity index (χ0n) is 9.27. The van der Waals surface area contributed by atoms with Crippen LogP contribution in [0.3, 0.4) is 0 Å². The fourth-order valence-corrected chi connectivity index (χ4v) is 1.96. The average molecular weight is 246 g/mol. The van der Waals surface area contributed by atoms with Gasteiger partial charge in [0.05, 0.1) is 38.6 Å². The number of rotatable bonds is 3. The Morgan fingerprint density at radius 2 is 2.50 bits per heavy atom. The van der Waals surface area contributed by atoms with E-state index in [1.807, 2.05) is 11.6 Å². The third-order valence-corrected chi connectivity index (χ3v) is 3.28. The Kier molecular flexibility index (Phi) is 3.81. The van der Waals surface area contributed by atoms with Crippen molar-refractivity contribution in [2.75, 3.05) is 26.4 Å². The predicted octanol–water partition coefficient (Wildman–Crippen LogP) is 0.267. The average Bonchev–Trinajstić information content (AvgIpc) is 2.62. The minimum absolute atomic E-state index is 0.0595. The first kappa shape index (κ1) is 11.9. The highest BCUT2D eigenvalue weighted by atomic mass is 35.5. The van der Waals surface area contributed by atoms with Crippen molar-refractivity contribution < 1.29 is 9.84 Å². The van der Waals surface area contributed by atoms with Gasteiger partial charge in [0.1, 0.15) is 11.0 Å². The van der Waals surface area contributed by atoms with Gasteiger partial charge in [0.25, 0.3) is 0 Å². The number of aromatic nitrogens is 2. The molecule has 1 aliphatic rings. The number of ether oxygens (including phenoxy) is 1. The van der Waals surface area contributed by atoms with Crippen LogP contribution in [-0.4, -0.2) is 52.0 Å². The second-order valence-electron chi connectivity index (χ2n) is 3.94. The highest BCUT2D eigenvalue weighted by Gasteiger charge is 2.23. The van der Waals surface area contributed by atoms with E-state index in [4.69, 9.17) is 16.3 Å². The van der Waals surface area contributed by atoms with Crippen LogP contribution < -0.4 is 0 Å². The summed E-state index contributed by atoms with van der Waals surface area (Å²) in [6, 6.07) is 0.0595. The Morgan fingerprint density at radius 1 is 1.69 bits per heavy atom. The Labute approximate surface area is 99.6 Å². The SMILES string of the molecule is Cn1c(Cl)cnc1CN1CCOCC1CO. The number of hydrogen-bond acceptors (Lipinski definition) is 4. The van der Waals surface area contributed by atoms with Crippen molar-refractivity contribution in [1.82, 2.24) is 14.5 Å². The van der Waals surface area contributed by atoms with E-state index in [1.54, 1.807) is 6.20 Å². The van der Waals surface area contributed by atoms with E-state index >= 15 is 0 Å². The van der Waals surface area contributed by atoms with Gasteiger partial charge in [0.2, 0.25) is 0 Å². The molecule has 5 nitrogen and oxygen atoms in total. The molecule has 90 valence electrons. The molecule has 1 aliphatic heterocycles. The number of aliphatic hydroxyl groups excluding tert-OH is 1. The summed E-state index contributed by atoms with van der Waals surface area (Å²) in [4.78, 5) is 6.41. The summed E-state index contributed by atoms with van der Waals surface area (Å²) in [6.45, 7) is 2.90. The Balaban J connectivity index is 2.05. The molecular weight excluding hydrogens is 230 g/mol. The van der Waals surface area contributed by atoms with Crippen LogP contribution in [-0.2, 0) is 18.3 Å². The molecule has 1 atom stereocenters. The summed E-state index contributed by atoms with van der Waals surface area (Å²) < 4.78 is 7.17. The quantitative estimate of drug-likeness (QED) is 0.831. The van der Waals surface area contributed by atoms with E-state index in [-0.39, 0.29) is 12.6 Å². The standard InChI is InChI=1S/C10H16ClN3O2/c1-13-9(11)4-12-10(13)5-14-2-3-16-7-8(14)6-15/h4,8,15H,2-3,5-7H2,1H3. The molecule has 0 radical (unpaired) electrons. The fourth-order valence-electron chi connectivity index (χ4n) is 1.82. The number of hydrogen-bond donors (Lipinski definition) is 1. The molecule has 1 saturated heterocycles. The van der Waals surface area contributed by atoms with Crippen LogP contribution in [0.4, 0.5) is 0 Å². The van der Waals surface area contributed by atoms with Gasteiger partial charge < -0.3 is 14.4 Å². The van der Waals surface area contributed by atoms with Crippen molar-refractivity contribution in [3.8, 4) is 0 Å². The molecule has 2 heterocycles. The van der Waals surface area contributed by atoms with Crippen LogP contribution in [0.15, 0.2) is 6.20 Å². The number of imidazole rings is 1. The molecule has 0 aliphatic carbocycles. The molecule has 1 aromatic rings. The molecule has 16 heavy (non-hydrogen) atoms. The van der Waals surface area contributed by atoms with Gasteiger partial charge in [-0.15, -0.1) is 0 Å². The minimum atomic E-state index is 0.0595. The molecule has 6 heteroatoms. The second-order valence-corrected chi connectivity index (χ2v) is 4.33. The lowest BCUT2D eigenvalue weighted by Crippen LogP contribution is -2.47. The maximum atomic E-state index is 9.24. The summed E-state index contributed by atoms with van der Waals surface area (Å²) in [7, 11) is 1.89. The van der Waals surface area contributed by atoms with E-state index in [2.05, 4.69) is 9.88 Å². The first-order valence-corrected chi connectivity index (χ1v) is 5.69. The second kappa shape index (κ2) is 5.14. The monoisotopic (exact) mass is 245 g/mol. The Hall–Kier alpha value is -0.620. The van der Waals surface area contributed by atoms with Crippen LogP contribution in [0.25, 0.3) is 0 Å². The van der Waals surface area contributed by atoms with Crippen molar-refractivity contribution in [3.63, 3.8) is 0 Å². The Bertz CT molecular complexity index is 356. The van der Waals surface area contributed by atoms with Crippen molar-refractivity contribution in [1.29, 1.82) is 0 Å². The molecule has 0 amide bonds. The smallest absolute Gasteiger partial charge is 0.128 e. The topological polar surface area (TPSA) is 50.5 Å². The normalized spacial score (nSPS) is 22.6. The van der Waals surface area contributed by atoms with Crippen molar-refractivity contribution >= 4 is 11.6 Å². The maximum absolute atomic E-state index is 9.24. The van der Waals surface area contributed by atoms with Gasteiger partial charge in [0, 0.05) is 13.6 Å². The highest BCUT2D eigenvalue weighted by Crippen LogP contribution is 2.14. The third kappa shape index (κ3) is 2.38. The van der Waals surface area contributed by atoms with Gasteiger partial charge in [-0.3, -0.25) is 4.90 Å². The van der Waals surface area contributed by atoms with Gasteiger partial charge in [-0.2, -0.15) is 0 Å². The van der Waals surface area contributed by atoms with Crippen molar-refractivity contribution in [2.24, 2.45) is 7.05 Å². The lowest BCUT2D eigenvalue weighted by atomic mass is 10.2. The molecule has 1 N–H and O–H groups in total. The molecular formula is C10H16ClN3O2. The fraction of sp³-hybridized carbons (Fsp3) is 0.700. The van der Waals surface area contributed by atoms with Crippen LogP contribution in [0.5, 0.6) is 0 Å². The van der Waals surface area contributed by atoms with Crippen LogP contribution in [0.1, 0.15) is 5.82 Å². The van der Waals surface area contributed by atoms with Gasteiger partial charge in [-0.1, -0.05) is 11.6 Å². The van der Waals surface area contributed by atoms with E-state index < -0.39 is 0 Å². The maximum Gasteiger partial charge on any atom is 0.128 e. The van der Waals surface area contributed by atoms with Gasteiger partial charge in [0.15, 0.2) is 0 Å². The first-order valence-electron chi connectivity index (χ1n) is 5.31. The number of aliphatic hydroxyl groups is 1. The summed E-state index contributed by atoms with van der Waals surface area (Å²) in [5.41, 5.74) is 0. The molecule has 1 unspecified atom stereocenters. The van der Waals surface area contributed by atoms with Crippen LogP contribution in [0, 0.1) is 0 Å². The summed E-state index contributed by atoms with van der Waals surface area (Å²) >= 11 is 5.93. The number of morpholine rings is 1. The van der Waals surface area contributed by atoms with E-state index in [9.17, 15) is 5.11 Å². The summed E-state index contributed by atoms with van der Waals surface area (Å²) in [5.74, 6) is 0.908. The van der Waals surface area contributed by atoms with Gasteiger partial charge in [-0.05, 0) is 0 Å². The zero-order chi connectivity index (χ0) is 11.5. The van der Waals surface area contributed by atoms with Gasteiger partial charge in [-0.25, -0.2) is 4.98 Å². The van der Waals surface area contributed by atoms with Crippen molar-refractivity contribution in [2.45, 2.75) is 12.6 Å². The molecule has 0 aromatic carbocycles. The molecule has 0 spiro atoms. The largest absolute Gasteiger partial charge is 0.395 e. The Morgan fingerprint density at radius 3 is 3.12 bits per heavy atom. The molecule has 2 rings (SSSR count). The number of nitrogens with zero attached hydrogens (tertiary/aromatic N) is 3. The zero-order valence-corrected chi connectivity index (χ0v) is 10.0. The molecule has 0 saturated carbocycles. The lowest BCUT2D eigenvalue weighted by Gasteiger charge is -2.33. The van der Waals surface area contributed by atoms with Crippen LogP contribution >= 0.6 is 11.6 Å². The highest BCUT2D eigenvalue weighted by molar-refractivity contribution is 6.29. The van der Waals surface area contributed by atoms with E-state index in [0.717, 1.165) is 12.4 Å². The van der Waals surface area contributed by atoms with Crippen LogP contribution in [0.2, 0.25) is 5.15 Å². The summed E-state index contributed by atoms with van der Waals surface area (Å²) in [5, 5.41) is 9.87. The first-order chi connectivity index (χ1) is 7.72. The minimum Gasteiger partial charge on any atom is -0.395 e. The summed E-state index contributed by atoms with van der Waals surface area (Å²) in [6.07, 6.45) is 1.64. The lowest BCUT2D eigenvalue weighted by molar-refractivity contribution is -0.0325. The van der Waals surface area contributed by atoms with E-state index in [0.29, 0.717) is 24.9 Å². The number of halogens is 1. The predicted molar refractivity (Wildman–Crippen MR) is 60.3 cm³/mol. The molecule has 1 fully saturated rings. The molecule has 0 bridgehead atoms. The molecule has 1 aromatic heterocycles. The van der Waals surface area contributed by atoms with E-state index in [1.165, 1.54) is 0 Å². The third-order valence-electron chi connectivity index (χ3n) is 2.93.